The number of carbonyl (C=O) groups excluding carboxylic acids is 1. The number of carbonyl (C=O) groups is 1. The van der Waals surface area contributed by atoms with E-state index in [-0.39, 0.29) is 5.91 Å². The molecule has 1 atom stereocenters. The van der Waals surface area contributed by atoms with Gasteiger partial charge < -0.3 is 10.1 Å². The first kappa shape index (κ1) is 18.6. The summed E-state index contributed by atoms with van der Waals surface area (Å²) in [5.41, 5.74) is 4.36. The number of hydrazone groups is 1. The lowest BCUT2D eigenvalue weighted by Crippen LogP contribution is -2.34. The van der Waals surface area contributed by atoms with Crippen LogP contribution in [-0.4, -0.2) is 30.3 Å². The molecule has 0 aliphatic rings. The van der Waals surface area contributed by atoms with Crippen LogP contribution in [0.15, 0.2) is 59.7 Å². The zero-order valence-corrected chi connectivity index (χ0v) is 15.9. The number of rotatable bonds is 7. The highest BCUT2D eigenvalue weighted by Crippen LogP contribution is 2.25. The second kappa shape index (κ2) is 8.95. The number of methoxy groups -OCH3 is 1. The molecule has 0 radical (unpaired) electrons. The summed E-state index contributed by atoms with van der Waals surface area (Å²) in [5, 5.41) is 7.75. The molecule has 0 unspecified atom stereocenters. The maximum Gasteiger partial charge on any atom is 0.262 e. The second-order valence-corrected chi connectivity index (χ2v) is 6.74. The first-order valence-electron chi connectivity index (χ1n) is 8.42. The van der Waals surface area contributed by atoms with Gasteiger partial charge in [0.25, 0.3) is 5.91 Å². The van der Waals surface area contributed by atoms with Gasteiger partial charge in [-0.1, -0.05) is 41.7 Å². The lowest BCUT2D eigenvalue weighted by atomic mass is 10.2. The fraction of sp³-hybridized carbons (Fsp3) is 0.150. The van der Waals surface area contributed by atoms with Crippen LogP contribution in [0.1, 0.15) is 12.5 Å². The predicted molar refractivity (Wildman–Crippen MR) is 111 cm³/mol. The quantitative estimate of drug-likeness (QED) is 0.481. The molecule has 0 spiro atoms. The Morgan fingerprint density at radius 3 is 2.81 bits per heavy atom. The number of para-hydroxylation sites is 2. The van der Waals surface area contributed by atoms with Gasteiger partial charge in [-0.2, -0.15) is 5.10 Å². The van der Waals surface area contributed by atoms with Gasteiger partial charge >= 0.3 is 0 Å². The number of hydrogen-bond acceptors (Lipinski definition) is 6. The molecule has 0 saturated carbocycles. The molecule has 0 saturated heterocycles. The number of ether oxygens (including phenoxy) is 1. The minimum Gasteiger partial charge on any atom is -0.496 e. The molecule has 7 heteroatoms. The lowest BCUT2D eigenvalue weighted by molar-refractivity contribution is -0.121. The predicted octanol–water partition coefficient (Wildman–Crippen LogP) is 3.92. The van der Waals surface area contributed by atoms with Crippen molar-refractivity contribution in [1.29, 1.82) is 0 Å². The van der Waals surface area contributed by atoms with Gasteiger partial charge in [0.1, 0.15) is 11.8 Å². The largest absolute Gasteiger partial charge is 0.496 e. The molecule has 2 N–H and O–H groups in total. The topological polar surface area (TPSA) is 75.6 Å². The molecule has 3 aromatic rings. The third-order valence-corrected chi connectivity index (χ3v) is 4.74. The monoisotopic (exact) mass is 380 g/mol. The van der Waals surface area contributed by atoms with E-state index in [0.29, 0.717) is 5.13 Å². The molecule has 1 aromatic heterocycles. The molecule has 6 nitrogen and oxygen atoms in total. The van der Waals surface area contributed by atoms with Gasteiger partial charge in [-0.15, -0.1) is 0 Å². The zero-order valence-electron chi connectivity index (χ0n) is 15.0. The molecule has 0 bridgehead atoms. The maximum absolute atomic E-state index is 12.1. The fourth-order valence-corrected chi connectivity index (χ4v) is 3.33. The minimum atomic E-state index is -0.457. The Bertz CT molecular complexity index is 948. The Labute approximate surface area is 161 Å². The van der Waals surface area contributed by atoms with Crippen molar-refractivity contribution in [1.82, 2.24) is 10.4 Å². The second-order valence-electron chi connectivity index (χ2n) is 5.71. The van der Waals surface area contributed by atoms with Crippen molar-refractivity contribution in [2.75, 3.05) is 12.4 Å². The molecular formula is C20H20N4O2S. The number of amides is 1. The lowest BCUT2D eigenvalue weighted by Gasteiger charge is -2.10. The molecule has 138 valence electrons. The van der Waals surface area contributed by atoms with Crippen LogP contribution < -0.4 is 15.5 Å². The highest BCUT2D eigenvalue weighted by atomic mass is 32.1. The number of anilines is 1. The van der Waals surface area contributed by atoms with Crippen molar-refractivity contribution >= 4 is 44.9 Å². The van der Waals surface area contributed by atoms with Crippen LogP contribution in [0, 0.1) is 0 Å². The van der Waals surface area contributed by atoms with Gasteiger partial charge in [0.2, 0.25) is 0 Å². The van der Waals surface area contributed by atoms with Gasteiger partial charge in [-0.3, -0.25) is 4.79 Å². The molecule has 2 aromatic carbocycles. The van der Waals surface area contributed by atoms with E-state index in [1.165, 1.54) is 17.6 Å². The number of thiazole rings is 1. The molecule has 0 aliphatic heterocycles. The van der Waals surface area contributed by atoms with Crippen LogP contribution >= 0.6 is 11.3 Å². The van der Waals surface area contributed by atoms with Crippen molar-refractivity contribution in [2.45, 2.75) is 13.0 Å². The van der Waals surface area contributed by atoms with Crippen molar-refractivity contribution < 1.29 is 9.53 Å². The van der Waals surface area contributed by atoms with Crippen molar-refractivity contribution in [3.63, 3.8) is 0 Å². The van der Waals surface area contributed by atoms with Crippen LogP contribution in [0.3, 0.4) is 0 Å². The number of nitrogens with zero attached hydrogens (tertiary/aromatic N) is 2. The van der Waals surface area contributed by atoms with E-state index in [0.717, 1.165) is 21.5 Å². The normalized spacial score (nSPS) is 12.5. The summed E-state index contributed by atoms with van der Waals surface area (Å²) in [5.74, 6) is 0.538. The SMILES string of the molecule is COc1ccccc1/C=C/C=N\NC(=O)[C@@H](C)Nc1nc2ccccc2s1. The number of aromatic nitrogens is 1. The van der Waals surface area contributed by atoms with Gasteiger partial charge in [-0.05, 0) is 37.3 Å². The molecule has 27 heavy (non-hydrogen) atoms. The number of allylic oxidation sites excluding steroid dienone is 1. The van der Waals surface area contributed by atoms with Gasteiger partial charge in [0, 0.05) is 11.8 Å². The molecular weight excluding hydrogens is 360 g/mol. The zero-order chi connectivity index (χ0) is 19.1. The van der Waals surface area contributed by atoms with Crippen LogP contribution in [0.5, 0.6) is 5.75 Å². The molecule has 1 heterocycles. The summed E-state index contributed by atoms with van der Waals surface area (Å²) in [7, 11) is 1.63. The van der Waals surface area contributed by atoms with Gasteiger partial charge in [0.15, 0.2) is 5.13 Å². The number of hydrogen-bond donors (Lipinski definition) is 2. The van der Waals surface area contributed by atoms with Crippen molar-refractivity contribution in [2.24, 2.45) is 5.10 Å². The Morgan fingerprint density at radius 1 is 1.22 bits per heavy atom. The van der Waals surface area contributed by atoms with E-state index in [4.69, 9.17) is 4.74 Å². The highest BCUT2D eigenvalue weighted by Gasteiger charge is 2.13. The summed E-state index contributed by atoms with van der Waals surface area (Å²) in [6.45, 7) is 1.77. The first-order chi connectivity index (χ1) is 13.2. The van der Waals surface area contributed by atoms with E-state index >= 15 is 0 Å². The molecule has 1 amide bonds. The maximum atomic E-state index is 12.1. The van der Waals surface area contributed by atoms with Crippen LogP contribution in [0.4, 0.5) is 5.13 Å². The Hall–Kier alpha value is -3.19. The van der Waals surface area contributed by atoms with Gasteiger partial charge in [0.05, 0.1) is 17.3 Å². The Morgan fingerprint density at radius 2 is 2.00 bits per heavy atom. The van der Waals surface area contributed by atoms with E-state index in [1.807, 2.05) is 54.6 Å². The van der Waals surface area contributed by atoms with Crippen LogP contribution in [0.2, 0.25) is 0 Å². The smallest absolute Gasteiger partial charge is 0.262 e. The van der Waals surface area contributed by atoms with Crippen molar-refractivity contribution in [3.05, 3.63) is 60.2 Å². The first-order valence-corrected chi connectivity index (χ1v) is 9.24. The molecule has 0 fully saturated rings. The summed E-state index contributed by atoms with van der Waals surface area (Å²) in [6, 6.07) is 15.0. The average molecular weight is 380 g/mol. The van der Waals surface area contributed by atoms with E-state index in [1.54, 1.807) is 20.1 Å². The number of nitrogens with one attached hydrogen (secondary N) is 2. The van der Waals surface area contributed by atoms with Crippen molar-refractivity contribution in [3.8, 4) is 5.75 Å². The van der Waals surface area contributed by atoms with Crippen LogP contribution in [-0.2, 0) is 4.79 Å². The molecule has 3 rings (SSSR count). The standard InChI is InChI=1S/C20H20N4O2S/c1-14(22-20-23-16-10-4-6-12-18(16)27-20)19(25)24-21-13-7-9-15-8-3-5-11-17(15)26-2/h3-14H,1-2H3,(H,22,23)(H,24,25)/b9-7+,21-13-/t14-/m1/s1. The Kier molecular flexibility index (Phi) is 6.17. The minimum absolute atomic E-state index is 0.240. The Balaban J connectivity index is 1.52. The summed E-state index contributed by atoms with van der Waals surface area (Å²) in [4.78, 5) is 16.6. The molecule has 0 aliphatic carbocycles. The van der Waals surface area contributed by atoms with Gasteiger partial charge in [-0.25, -0.2) is 10.4 Å². The number of fused-ring (bicyclic) bond motifs is 1. The van der Waals surface area contributed by atoms with E-state index in [9.17, 15) is 4.79 Å². The van der Waals surface area contributed by atoms with E-state index in [2.05, 4.69) is 20.8 Å². The third kappa shape index (κ3) is 4.92. The summed E-state index contributed by atoms with van der Waals surface area (Å²) >= 11 is 1.51. The average Bonchev–Trinajstić information content (AvgIpc) is 3.10. The number of benzene rings is 2. The fourth-order valence-electron chi connectivity index (χ4n) is 2.38. The summed E-state index contributed by atoms with van der Waals surface area (Å²) in [6.07, 6.45) is 5.12. The van der Waals surface area contributed by atoms with Crippen LogP contribution in [0.25, 0.3) is 16.3 Å². The highest BCUT2D eigenvalue weighted by molar-refractivity contribution is 7.22. The van der Waals surface area contributed by atoms with E-state index < -0.39 is 6.04 Å². The summed E-state index contributed by atoms with van der Waals surface area (Å²) < 4.78 is 6.35. The third-order valence-electron chi connectivity index (χ3n) is 3.78.